The monoisotopic (exact) mass is 199 g/mol. The Labute approximate surface area is 86.2 Å². The summed E-state index contributed by atoms with van der Waals surface area (Å²) >= 11 is 0. The van der Waals surface area contributed by atoms with Crippen LogP contribution in [0.1, 0.15) is 26.2 Å². The van der Waals surface area contributed by atoms with Crippen molar-refractivity contribution in [1.82, 2.24) is 5.32 Å². The summed E-state index contributed by atoms with van der Waals surface area (Å²) < 4.78 is 10.9. The molecule has 0 spiro atoms. The Hall–Kier alpha value is -0.120. The van der Waals surface area contributed by atoms with E-state index in [-0.39, 0.29) is 5.60 Å². The van der Waals surface area contributed by atoms with Crippen molar-refractivity contribution in [3.8, 4) is 0 Å². The van der Waals surface area contributed by atoms with Crippen molar-refractivity contribution in [1.29, 1.82) is 0 Å². The summed E-state index contributed by atoms with van der Waals surface area (Å²) in [7, 11) is 1.79. The van der Waals surface area contributed by atoms with Crippen molar-refractivity contribution >= 4 is 0 Å². The van der Waals surface area contributed by atoms with Crippen LogP contribution in [-0.2, 0) is 9.47 Å². The Morgan fingerprint density at radius 1 is 1.50 bits per heavy atom. The van der Waals surface area contributed by atoms with Crippen molar-refractivity contribution in [3.63, 3.8) is 0 Å². The zero-order chi connectivity index (χ0) is 10.0. The molecular weight excluding hydrogens is 178 g/mol. The average Bonchev–Trinajstić information content (AvgIpc) is 2.60. The highest BCUT2D eigenvalue weighted by atomic mass is 16.5. The lowest BCUT2D eigenvalue weighted by Crippen LogP contribution is -2.49. The average molecular weight is 199 g/mol. The Kier molecular flexibility index (Phi) is 3.10. The Bertz CT molecular complexity index is 184. The molecule has 3 heteroatoms. The third-order valence-corrected chi connectivity index (χ3v) is 3.59. The minimum atomic E-state index is -0.0428. The van der Waals surface area contributed by atoms with Crippen molar-refractivity contribution in [2.45, 2.75) is 37.8 Å². The third-order valence-electron chi connectivity index (χ3n) is 3.59. The fourth-order valence-corrected chi connectivity index (χ4v) is 2.36. The first-order valence-electron chi connectivity index (χ1n) is 5.60. The molecule has 0 aromatic rings. The van der Waals surface area contributed by atoms with Crippen LogP contribution >= 0.6 is 0 Å². The van der Waals surface area contributed by atoms with Gasteiger partial charge in [-0.05, 0) is 18.8 Å². The van der Waals surface area contributed by atoms with E-state index in [0.29, 0.717) is 0 Å². The second-order valence-electron chi connectivity index (χ2n) is 4.84. The maximum absolute atomic E-state index is 5.56. The fourth-order valence-electron chi connectivity index (χ4n) is 2.36. The Balaban J connectivity index is 1.72. The van der Waals surface area contributed by atoms with Gasteiger partial charge in [0.25, 0.3) is 0 Å². The van der Waals surface area contributed by atoms with Crippen LogP contribution in [0.15, 0.2) is 0 Å². The van der Waals surface area contributed by atoms with Crippen LogP contribution in [-0.4, -0.2) is 38.5 Å². The summed E-state index contributed by atoms with van der Waals surface area (Å²) in [5.41, 5.74) is -0.0428. The molecule has 1 aliphatic heterocycles. The van der Waals surface area contributed by atoms with Gasteiger partial charge < -0.3 is 14.8 Å². The number of nitrogens with one attached hydrogen (secondary N) is 1. The molecule has 1 unspecified atom stereocenters. The van der Waals surface area contributed by atoms with Crippen LogP contribution in [0.3, 0.4) is 0 Å². The second kappa shape index (κ2) is 4.17. The van der Waals surface area contributed by atoms with Crippen LogP contribution < -0.4 is 5.32 Å². The maximum atomic E-state index is 5.56. The molecule has 0 amide bonds. The first kappa shape index (κ1) is 10.4. The molecule has 0 bridgehead atoms. The first-order valence-corrected chi connectivity index (χ1v) is 5.60. The predicted molar refractivity (Wildman–Crippen MR) is 55.4 cm³/mol. The van der Waals surface area contributed by atoms with Gasteiger partial charge in [-0.3, -0.25) is 0 Å². The molecule has 14 heavy (non-hydrogen) atoms. The molecule has 3 nitrogen and oxygen atoms in total. The molecule has 0 aromatic carbocycles. The summed E-state index contributed by atoms with van der Waals surface area (Å²) in [5.74, 6) is 0.908. The number of rotatable bonds is 4. The van der Waals surface area contributed by atoms with Gasteiger partial charge >= 0.3 is 0 Å². The van der Waals surface area contributed by atoms with Crippen LogP contribution in [0.2, 0.25) is 0 Å². The number of methoxy groups -OCH3 is 1. The molecule has 1 heterocycles. The summed E-state index contributed by atoms with van der Waals surface area (Å²) in [5, 5.41) is 3.58. The predicted octanol–water partition coefficient (Wildman–Crippen LogP) is 1.18. The van der Waals surface area contributed by atoms with E-state index in [0.717, 1.165) is 38.1 Å². The number of ether oxygens (including phenoxy) is 2. The first-order chi connectivity index (χ1) is 6.74. The van der Waals surface area contributed by atoms with E-state index in [1.807, 2.05) is 0 Å². The summed E-state index contributed by atoms with van der Waals surface area (Å²) in [6.45, 7) is 4.85. The van der Waals surface area contributed by atoms with Crippen LogP contribution in [0.25, 0.3) is 0 Å². The lowest BCUT2D eigenvalue weighted by atomic mass is 9.81. The highest BCUT2D eigenvalue weighted by molar-refractivity contribution is 4.91. The van der Waals surface area contributed by atoms with Crippen molar-refractivity contribution in [2.24, 2.45) is 5.92 Å². The van der Waals surface area contributed by atoms with Gasteiger partial charge in [-0.25, -0.2) is 0 Å². The zero-order valence-corrected chi connectivity index (χ0v) is 9.21. The Morgan fingerprint density at radius 2 is 2.29 bits per heavy atom. The molecule has 0 aromatic heterocycles. The second-order valence-corrected chi connectivity index (χ2v) is 4.84. The van der Waals surface area contributed by atoms with E-state index >= 15 is 0 Å². The molecular formula is C11H21NO2. The minimum absolute atomic E-state index is 0.0428. The number of hydrogen-bond acceptors (Lipinski definition) is 3. The van der Waals surface area contributed by atoms with Gasteiger partial charge in [0, 0.05) is 32.7 Å². The molecule has 1 N–H and O–H groups in total. The van der Waals surface area contributed by atoms with Gasteiger partial charge in [-0.15, -0.1) is 0 Å². The van der Waals surface area contributed by atoms with E-state index in [2.05, 4.69) is 12.2 Å². The van der Waals surface area contributed by atoms with Gasteiger partial charge in [0.2, 0.25) is 0 Å². The van der Waals surface area contributed by atoms with E-state index in [1.54, 1.807) is 7.11 Å². The van der Waals surface area contributed by atoms with E-state index in [1.165, 1.54) is 12.8 Å². The van der Waals surface area contributed by atoms with Gasteiger partial charge in [-0.2, -0.15) is 0 Å². The summed E-state index contributed by atoms with van der Waals surface area (Å²) in [6, 6.07) is 0.720. The van der Waals surface area contributed by atoms with E-state index in [4.69, 9.17) is 9.47 Å². The molecule has 1 saturated carbocycles. The van der Waals surface area contributed by atoms with E-state index < -0.39 is 0 Å². The molecule has 2 fully saturated rings. The number of hydrogen-bond donors (Lipinski definition) is 1. The van der Waals surface area contributed by atoms with Crippen LogP contribution in [0, 0.1) is 5.92 Å². The topological polar surface area (TPSA) is 30.5 Å². The normalized spacial score (nSPS) is 42.4. The Morgan fingerprint density at radius 3 is 2.79 bits per heavy atom. The van der Waals surface area contributed by atoms with Gasteiger partial charge in [-0.1, -0.05) is 6.92 Å². The lowest BCUT2D eigenvalue weighted by molar-refractivity contribution is -0.0203. The quantitative estimate of drug-likeness (QED) is 0.737. The molecule has 1 saturated heterocycles. The van der Waals surface area contributed by atoms with Crippen LogP contribution in [0.4, 0.5) is 0 Å². The zero-order valence-electron chi connectivity index (χ0n) is 9.21. The summed E-state index contributed by atoms with van der Waals surface area (Å²) in [6.07, 6.45) is 3.67. The van der Waals surface area contributed by atoms with Crippen LogP contribution in [0.5, 0.6) is 0 Å². The lowest BCUT2D eigenvalue weighted by Gasteiger charge is -2.36. The van der Waals surface area contributed by atoms with E-state index in [9.17, 15) is 0 Å². The van der Waals surface area contributed by atoms with Crippen molar-refractivity contribution in [2.75, 3.05) is 26.9 Å². The largest absolute Gasteiger partial charge is 0.378 e. The fraction of sp³-hybridized carbons (Fsp3) is 1.00. The van der Waals surface area contributed by atoms with Gasteiger partial charge in [0.1, 0.15) is 5.60 Å². The van der Waals surface area contributed by atoms with Gasteiger partial charge in [0.15, 0.2) is 0 Å². The smallest absolute Gasteiger partial charge is 0.106 e. The molecule has 1 aliphatic carbocycles. The van der Waals surface area contributed by atoms with Gasteiger partial charge in [0.05, 0.1) is 6.61 Å². The molecule has 2 rings (SSSR count). The standard InChI is InChI=1S/C11H21NO2/c1-9-5-10(6-9)12-7-11(13-2)3-4-14-8-11/h9-10,12H,3-8H2,1-2H3. The minimum Gasteiger partial charge on any atom is -0.378 e. The molecule has 1 atom stereocenters. The highest BCUT2D eigenvalue weighted by Crippen LogP contribution is 2.28. The van der Waals surface area contributed by atoms with Crippen molar-refractivity contribution in [3.05, 3.63) is 0 Å². The SMILES string of the molecule is COC1(CNC2CC(C)C2)CCOC1. The molecule has 82 valence electrons. The molecule has 2 aliphatic rings. The maximum Gasteiger partial charge on any atom is 0.106 e. The molecule has 0 radical (unpaired) electrons. The van der Waals surface area contributed by atoms with Crippen molar-refractivity contribution < 1.29 is 9.47 Å². The summed E-state index contributed by atoms with van der Waals surface area (Å²) in [4.78, 5) is 0. The third kappa shape index (κ3) is 2.10. The highest BCUT2D eigenvalue weighted by Gasteiger charge is 2.36.